The van der Waals surface area contributed by atoms with Crippen LogP contribution in [0.25, 0.3) is 0 Å². The van der Waals surface area contributed by atoms with Gasteiger partial charge in [0.05, 0.1) is 0 Å². The number of nitrogens with one attached hydrogen (secondary N) is 2. The fourth-order valence-electron chi connectivity index (χ4n) is 2.47. The zero-order valence-corrected chi connectivity index (χ0v) is 10.8. The lowest BCUT2D eigenvalue weighted by Gasteiger charge is -2.22. The van der Waals surface area contributed by atoms with E-state index in [4.69, 9.17) is 0 Å². The van der Waals surface area contributed by atoms with Crippen LogP contribution < -0.4 is 10.6 Å². The van der Waals surface area contributed by atoms with Gasteiger partial charge in [-0.05, 0) is 56.8 Å². The molecule has 1 aliphatic rings. The molecule has 1 fully saturated rings. The van der Waals surface area contributed by atoms with Crippen molar-refractivity contribution >= 4 is 11.6 Å². The normalized spacial score (nSPS) is 19.4. The minimum absolute atomic E-state index is 0.130. The van der Waals surface area contributed by atoms with Crippen molar-refractivity contribution in [2.45, 2.75) is 32.1 Å². The second kappa shape index (κ2) is 7.17. The predicted octanol–water partition coefficient (Wildman–Crippen LogP) is 2.80. The Balaban J connectivity index is 1.62. The molecule has 0 aromatic heterocycles. The Morgan fingerprint density at radius 1 is 1.33 bits per heavy atom. The number of piperidine rings is 1. The molecule has 1 aliphatic heterocycles. The summed E-state index contributed by atoms with van der Waals surface area (Å²) in [7, 11) is 0. The van der Waals surface area contributed by atoms with Gasteiger partial charge in [0.25, 0.3) is 0 Å². The van der Waals surface area contributed by atoms with Crippen LogP contribution >= 0.6 is 0 Å². The van der Waals surface area contributed by atoms with E-state index in [0.29, 0.717) is 6.42 Å². The monoisotopic (exact) mass is 246 g/mol. The van der Waals surface area contributed by atoms with E-state index in [1.165, 1.54) is 12.8 Å². The Morgan fingerprint density at radius 2 is 2.17 bits per heavy atom. The first-order valence-electron chi connectivity index (χ1n) is 6.90. The van der Waals surface area contributed by atoms with Crippen LogP contribution in [-0.2, 0) is 4.79 Å². The maximum absolute atomic E-state index is 11.7. The molecule has 1 aromatic rings. The van der Waals surface area contributed by atoms with Crippen LogP contribution in [0.4, 0.5) is 5.69 Å². The zero-order chi connectivity index (χ0) is 12.6. The predicted molar refractivity (Wildman–Crippen MR) is 74.5 cm³/mol. The van der Waals surface area contributed by atoms with Gasteiger partial charge in [-0.3, -0.25) is 4.79 Å². The van der Waals surface area contributed by atoms with Crippen LogP contribution in [0.5, 0.6) is 0 Å². The van der Waals surface area contributed by atoms with Gasteiger partial charge in [-0.25, -0.2) is 0 Å². The highest BCUT2D eigenvalue weighted by Gasteiger charge is 2.13. The Morgan fingerprint density at radius 3 is 2.89 bits per heavy atom. The number of para-hydroxylation sites is 1. The summed E-state index contributed by atoms with van der Waals surface area (Å²) in [5.74, 6) is 0.897. The van der Waals surface area contributed by atoms with Gasteiger partial charge in [-0.2, -0.15) is 0 Å². The highest BCUT2D eigenvalue weighted by Crippen LogP contribution is 2.17. The van der Waals surface area contributed by atoms with Gasteiger partial charge in [-0.1, -0.05) is 18.2 Å². The second-order valence-corrected chi connectivity index (χ2v) is 5.02. The first kappa shape index (κ1) is 13.1. The van der Waals surface area contributed by atoms with E-state index in [9.17, 15) is 4.79 Å². The average Bonchev–Trinajstić information content (AvgIpc) is 2.41. The number of rotatable bonds is 5. The van der Waals surface area contributed by atoms with Crippen LogP contribution in [0.2, 0.25) is 0 Å². The summed E-state index contributed by atoms with van der Waals surface area (Å²) in [5.41, 5.74) is 0.891. The molecular formula is C15H22N2O. The first-order chi connectivity index (χ1) is 8.84. The third-order valence-electron chi connectivity index (χ3n) is 3.47. The highest BCUT2D eigenvalue weighted by atomic mass is 16.1. The minimum Gasteiger partial charge on any atom is -0.326 e. The molecule has 3 heteroatoms. The molecule has 1 amide bonds. The van der Waals surface area contributed by atoms with Crippen molar-refractivity contribution in [1.82, 2.24) is 5.32 Å². The lowest BCUT2D eigenvalue weighted by atomic mass is 9.94. The van der Waals surface area contributed by atoms with Crippen molar-refractivity contribution in [3.05, 3.63) is 30.3 Å². The maximum Gasteiger partial charge on any atom is 0.224 e. The largest absolute Gasteiger partial charge is 0.326 e. The summed E-state index contributed by atoms with van der Waals surface area (Å²) in [6.45, 7) is 2.28. The van der Waals surface area contributed by atoms with Crippen molar-refractivity contribution in [3.63, 3.8) is 0 Å². The van der Waals surface area contributed by atoms with E-state index in [1.807, 2.05) is 30.3 Å². The average molecular weight is 246 g/mol. The van der Waals surface area contributed by atoms with E-state index in [1.54, 1.807) is 0 Å². The standard InChI is InChI=1S/C15H22N2O/c18-15(17-14-8-2-1-3-9-14)10-4-6-13-7-5-11-16-12-13/h1-3,8-9,13,16H,4-7,10-12H2,(H,17,18). The van der Waals surface area contributed by atoms with Gasteiger partial charge < -0.3 is 10.6 Å². The van der Waals surface area contributed by atoms with E-state index < -0.39 is 0 Å². The summed E-state index contributed by atoms with van der Waals surface area (Å²) >= 11 is 0. The quantitative estimate of drug-likeness (QED) is 0.838. The van der Waals surface area contributed by atoms with Crippen molar-refractivity contribution in [2.24, 2.45) is 5.92 Å². The van der Waals surface area contributed by atoms with Crippen LogP contribution in [0.3, 0.4) is 0 Å². The molecule has 0 spiro atoms. The molecule has 0 aliphatic carbocycles. The van der Waals surface area contributed by atoms with Crippen LogP contribution in [0, 0.1) is 5.92 Å². The Hall–Kier alpha value is -1.35. The van der Waals surface area contributed by atoms with Gasteiger partial charge >= 0.3 is 0 Å². The SMILES string of the molecule is O=C(CCCC1CCCNC1)Nc1ccccc1. The van der Waals surface area contributed by atoms with Gasteiger partial charge in [-0.15, -0.1) is 0 Å². The van der Waals surface area contributed by atoms with Crippen LogP contribution in [-0.4, -0.2) is 19.0 Å². The third-order valence-corrected chi connectivity index (χ3v) is 3.47. The minimum atomic E-state index is 0.130. The molecule has 0 radical (unpaired) electrons. The van der Waals surface area contributed by atoms with Crippen LogP contribution in [0.1, 0.15) is 32.1 Å². The van der Waals surface area contributed by atoms with Gasteiger partial charge in [0.1, 0.15) is 0 Å². The fourth-order valence-corrected chi connectivity index (χ4v) is 2.47. The molecule has 2 rings (SSSR count). The molecule has 1 unspecified atom stereocenters. The molecule has 1 saturated heterocycles. The Bertz CT molecular complexity index is 358. The van der Waals surface area contributed by atoms with Crippen molar-refractivity contribution in [2.75, 3.05) is 18.4 Å². The molecule has 1 aromatic carbocycles. The summed E-state index contributed by atoms with van der Waals surface area (Å²) in [4.78, 5) is 11.7. The lowest BCUT2D eigenvalue weighted by molar-refractivity contribution is -0.116. The molecule has 3 nitrogen and oxygen atoms in total. The van der Waals surface area contributed by atoms with Crippen molar-refractivity contribution in [1.29, 1.82) is 0 Å². The lowest BCUT2D eigenvalue weighted by Crippen LogP contribution is -2.29. The van der Waals surface area contributed by atoms with E-state index in [0.717, 1.165) is 37.5 Å². The van der Waals surface area contributed by atoms with Gasteiger partial charge in [0.15, 0.2) is 0 Å². The second-order valence-electron chi connectivity index (χ2n) is 5.02. The molecule has 98 valence electrons. The zero-order valence-electron chi connectivity index (χ0n) is 10.8. The molecule has 0 saturated carbocycles. The first-order valence-corrected chi connectivity index (χ1v) is 6.90. The summed E-state index contributed by atoms with van der Waals surface area (Å²) in [6.07, 6.45) is 5.37. The summed E-state index contributed by atoms with van der Waals surface area (Å²) in [5, 5.41) is 6.34. The molecule has 1 heterocycles. The Kier molecular flexibility index (Phi) is 5.21. The van der Waals surface area contributed by atoms with E-state index in [-0.39, 0.29) is 5.91 Å². The Labute approximate surface area is 109 Å². The highest BCUT2D eigenvalue weighted by molar-refractivity contribution is 5.90. The number of carbonyl (C=O) groups is 1. The number of carbonyl (C=O) groups excluding carboxylic acids is 1. The number of hydrogen-bond donors (Lipinski definition) is 2. The van der Waals surface area contributed by atoms with E-state index in [2.05, 4.69) is 10.6 Å². The number of amides is 1. The number of anilines is 1. The maximum atomic E-state index is 11.7. The van der Waals surface area contributed by atoms with Crippen molar-refractivity contribution in [3.8, 4) is 0 Å². The topological polar surface area (TPSA) is 41.1 Å². The molecule has 18 heavy (non-hydrogen) atoms. The molecule has 1 atom stereocenters. The fraction of sp³-hybridized carbons (Fsp3) is 0.533. The van der Waals surface area contributed by atoms with Crippen molar-refractivity contribution < 1.29 is 4.79 Å². The van der Waals surface area contributed by atoms with Gasteiger partial charge in [0, 0.05) is 12.1 Å². The van der Waals surface area contributed by atoms with E-state index >= 15 is 0 Å². The number of benzene rings is 1. The van der Waals surface area contributed by atoms with Gasteiger partial charge in [0.2, 0.25) is 5.91 Å². The summed E-state index contributed by atoms with van der Waals surface area (Å²) in [6, 6.07) is 9.66. The van der Waals surface area contributed by atoms with Crippen LogP contribution in [0.15, 0.2) is 30.3 Å². The molecule has 0 bridgehead atoms. The summed E-state index contributed by atoms with van der Waals surface area (Å²) < 4.78 is 0. The third kappa shape index (κ3) is 4.49. The molecule has 2 N–H and O–H groups in total. The number of hydrogen-bond acceptors (Lipinski definition) is 2. The molecular weight excluding hydrogens is 224 g/mol. The smallest absolute Gasteiger partial charge is 0.224 e.